The zero-order valence-corrected chi connectivity index (χ0v) is 9.40. The van der Waals surface area contributed by atoms with Crippen LogP contribution in [0.2, 0.25) is 0 Å². The summed E-state index contributed by atoms with van der Waals surface area (Å²) in [7, 11) is 1.76. The highest BCUT2D eigenvalue weighted by Gasteiger charge is 2.08. The topological polar surface area (TPSA) is 96.2 Å². The van der Waals surface area contributed by atoms with Crippen molar-refractivity contribution >= 4 is 17.5 Å². The largest absolute Gasteiger partial charge is 0.355 e. The fraction of sp³-hybridized carbons (Fsp3) is 0.444. The maximum absolute atomic E-state index is 11.3. The Labute approximate surface area is 94.0 Å². The summed E-state index contributed by atoms with van der Waals surface area (Å²) >= 11 is 0. The molecule has 0 unspecified atom stereocenters. The predicted molar refractivity (Wildman–Crippen MR) is 61.8 cm³/mol. The Balaban J connectivity index is 2.64. The van der Waals surface area contributed by atoms with E-state index in [-0.39, 0.29) is 12.5 Å². The van der Waals surface area contributed by atoms with Crippen molar-refractivity contribution in [2.24, 2.45) is 5.84 Å². The van der Waals surface area contributed by atoms with Gasteiger partial charge in [-0.3, -0.25) is 9.78 Å². The Morgan fingerprint density at radius 1 is 1.56 bits per heavy atom. The number of nitrogens with two attached hydrogens (primary N) is 1. The van der Waals surface area contributed by atoms with Gasteiger partial charge in [-0.15, -0.1) is 0 Å². The molecule has 0 aliphatic carbocycles. The van der Waals surface area contributed by atoms with Gasteiger partial charge in [0.2, 0.25) is 5.91 Å². The van der Waals surface area contributed by atoms with Gasteiger partial charge in [-0.05, 0) is 6.92 Å². The SMILES string of the molecule is CCNC(=O)CN(C)c1cncc(NN)n1. The van der Waals surface area contributed by atoms with E-state index < -0.39 is 0 Å². The summed E-state index contributed by atoms with van der Waals surface area (Å²) in [5.41, 5.74) is 2.40. The molecule has 0 bridgehead atoms. The lowest BCUT2D eigenvalue weighted by molar-refractivity contribution is -0.119. The van der Waals surface area contributed by atoms with Crippen LogP contribution in [0.15, 0.2) is 12.4 Å². The molecule has 1 amide bonds. The van der Waals surface area contributed by atoms with E-state index in [1.807, 2.05) is 6.92 Å². The summed E-state index contributed by atoms with van der Waals surface area (Å²) in [6.45, 7) is 2.72. The number of hydrogen-bond acceptors (Lipinski definition) is 6. The monoisotopic (exact) mass is 224 g/mol. The molecule has 1 aromatic rings. The molecule has 0 saturated carbocycles. The quantitative estimate of drug-likeness (QED) is 0.453. The molecule has 7 nitrogen and oxygen atoms in total. The fourth-order valence-electron chi connectivity index (χ4n) is 1.16. The summed E-state index contributed by atoms with van der Waals surface area (Å²) in [6, 6.07) is 0. The second kappa shape index (κ2) is 5.86. The molecule has 88 valence electrons. The fourth-order valence-corrected chi connectivity index (χ4v) is 1.16. The second-order valence-electron chi connectivity index (χ2n) is 3.22. The third kappa shape index (κ3) is 3.35. The van der Waals surface area contributed by atoms with Crippen molar-refractivity contribution in [1.82, 2.24) is 15.3 Å². The number of carbonyl (C=O) groups excluding carboxylic acids is 1. The molecule has 0 aromatic carbocycles. The van der Waals surface area contributed by atoms with Crippen molar-refractivity contribution in [3.8, 4) is 0 Å². The summed E-state index contributed by atoms with van der Waals surface area (Å²) in [4.78, 5) is 21.1. The van der Waals surface area contributed by atoms with E-state index in [1.54, 1.807) is 18.1 Å². The van der Waals surface area contributed by atoms with Gasteiger partial charge in [-0.25, -0.2) is 10.8 Å². The number of hydrogen-bond donors (Lipinski definition) is 3. The molecule has 4 N–H and O–H groups in total. The molecule has 1 heterocycles. The zero-order chi connectivity index (χ0) is 12.0. The molecule has 0 radical (unpaired) electrons. The number of anilines is 2. The first-order valence-electron chi connectivity index (χ1n) is 4.94. The zero-order valence-electron chi connectivity index (χ0n) is 9.40. The van der Waals surface area contributed by atoms with Crippen molar-refractivity contribution in [2.45, 2.75) is 6.92 Å². The number of nitrogens with zero attached hydrogens (tertiary/aromatic N) is 3. The van der Waals surface area contributed by atoms with E-state index in [4.69, 9.17) is 5.84 Å². The van der Waals surface area contributed by atoms with Crippen LogP contribution in [0.1, 0.15) is 6.92 Å². The van der Waals surface area contributed by atoms with Gasteiger partial charge in [0.1, 0.15) is 5.82 Å². The minimum Gasteiger partial charge on any atom is -0.355 e. The number of aromatic nitrogens is 2. The summed E-state index contributed by atoms with van der Waals surface area (Å²) in [6.07, 6.45) is 3.07. The van der Waals surface area contributed by atoms with Crippen LogP contribution in [-0.4, -0.2) is 36.0 Å². The van der Waals surface area contributed by atoms with Gasteiger partial charge in [0.15, 0.2) is 5.82 Å². The van der Waals surface area contributed by atoms with E-state index in [1.165, 1.54) is 6.20 Å². The predicted octanol–water partition coefficient (Wildman–Crippen LogP) is -0.665. The molecule has 0 aliphatic heterocycles. The van der Waals surface area contributed by atoms with Crippen LogP contribution >= 0.6 is 0 Å². The van der Waals surface area contributed by atoms with E-state index in [9.17, 15) is 4.79 Å². The number of hydrazine groups is 1. The van der Waals surface area contributed by atoms with E-state index >= 15 is 0 Å². The van der Waals surface area contributed by atoms with E-state index in [0.717, 1.165) is 0 Å². The first-order chi connectivity index (χ1) is 7.67. The van der Waals surface area contributed by atoms with Crippen LogP contribution in [0.3, 0.4) is 0 Å². The standard InChI is InChI=1S/C9H16N6O/c1-3-12-9(16)6-15(2)8-5-11-4-7(13-8)14-10/h4-5H,3,6,10H2,1-2H3,(H,12,16)(H,13,14). The summed E-state index contributed by atoms with van der Waals surface area (Å²) in [5, 5.41) is 2.71. The molecular weight excluding hydrogens is 208 g/mol. The van der Waals surface area contributed by atoms with Gasteiger partial charge in [-0.1, -0.05) is 0 Å². The van der Waals surface area contributed by atoms with Crippen molar-refractivity contribution in [1.29, 1.82) is 0 Å². The number of carbonyl (C=O) groups is 1. The first-order valence-corrected chi connectivity index (χ1v) is 4.94. The van der Waals surface area contributed by atoms with Crippen LogP contribution in [0.25, 0.3) is 0 Å². The van der Waals surface area contributed by atoms with Gasteiger partial charge in [0, 0.05) is 13.6 Å². The molecule has 1 aromatic heterocycles. The van der Waals surface area contributed by atoms with E-state index in [2.05, 4.69) is 20.7 Å². The summed E-state index contributed by atoms with van der Waals surface area (Å²) < 4.78 is 0. The highest BCUT2D eigenvalue weighted by atomic mass is 16.2. The molecule has 0 fully saturated rings. The van der Waals surface area contributed by atoms with Crippen LogP contribution in [0.5, 0.6) is 0 Å². The van der Waals surface area contributed by atoms with Crippen LogP contribution < -0.4 is 21.5 Å². The maximum Gasteiger partial charge on any atom is 0.239 e. The molecule has 0 aliphatic rings. The normalized spacial score (nSPS) is 9.69. The number of rotatable bonds is 5. The van der Waals surface area contributed by atoms with Crippen LogP contribution in [-0.2, 0) is 4.79 Å². The highest BCUT2D eigenvalue weighted by molar-refractivity contribution is 5.80. The maximum atomic E-state index is 11.3. The average Bonchev–Trinajstić information content (AvgIpc) is 2.29. The minimum atomic E-state index is -0.0575. The molecule has 0 saturated heterocycles. The lowest BCUT2D eigenvalue weighted by atomic mass is 10.5. The lowest BCUT2D eigenvalue weighted by Crippen LogP contribution is -2.35. The van der Waals surface area contributed by atoms with Gasteiger partial charge in [0.05, 0.1) is 18.9 Å². The van der Waals surface area contributed by atoms with Crippen molar-refractivity contribution in [3.05, 3.63) is 12.4 Å². The molecule has 1 rings (SSSR count). The molecule has 0 spiro atoms. The highest BCUT2D eigenvalue weighted by Crippen LogP contribution is 2.09. The molecule has 7 heteroatoms. The Morgan fingerprint density at radius 2 is 2.31 bits per heavy atom. The Hall–Kier alpha value is -1.89. The number of likely N-dealkylation sites (N-methyl/N-ethyl adjacent to an activating group) is 2. The average molecular weight is 224 g/mol. The van der Waals surface area contributed by atoms with Crippen molar-refractivity contribution < 1.29 is 4.79 Å². The van der Waals surface area contributed by atoms with Gasteiger partial charge < -0.3 is 15.6 Å². The van der Waals surface area contributed by atoms with Crippen molar-refractivity contribution in [2.75, 3.05) is 30.5 Å². The molecular formula is C9H16N6O. The Morgan fingerprint density at radius 3 is 2.94 bits per heavy atom. The van der Waals surface area contributed by atoms with Crippen molar-refractivity contribution in [3.63, 3.8) is 0 Å². The third-order valence-electron chi connectivity index (χ3n) is 1.92. The summed E-state index contributed by atoms with van der Waals surface area (Å²) in [5.74, 6) is 6.20. The molecule has 16 heavy (non-hydrogen) atoms. The van der Waals surface area contributed by atoms with Gasteiger partial charge in [-0.2, -0.15) is 0 Å². The third-order valence-corrected chi connectivity index (χ3v) is 1.92. The minimum absolute atomic E-state index is 0.0575. The number of amides is 1. The Kier molecular flexibility index (Phi) is 4.46. The Bertz CT molecular complexity index is 356. The number of nitrogens with one attached hydrogen (secondary N) is 2. The van der Waals surface area contributed by atoms with Crippen LogP contribution in [0, 0.1) is 0 Å². The van der Waals surface area contributed by atoms with Gasteiger partial charge >= 0.3 is 0 Å². The number of nitrogen functional groups attached to an aromatic ring is 1. The smallest absolute Gasteiger partial charge is 0.239 e. The van der Waals surface area contributed by atoms with Gasteiger partial charge in [0.25, 0.3) is 0 Å². The molecule has 0 atom stereocenters. The first kappa shape index (κ1) is 12.2. The lowest BCUT2D eigenvalue weighted by Gasteiger charge is -2.17. The second-order valence-corrected chi connectivity index (χ2v) is 3.22. The van der Waals surface area contributed by atoms with E-state index in [0.29, 0.717) is 18.2 Å². The van der Waals surface area contributed by atoms with Crippen LogP contribution in [0.4, 0.5) is 11.6 Å².